The molecule has 1 N–H and O–H groups in total. The van der Waals surface area contributed by atoms with E-state index in [0.29, 0.717) is 26.1 Å². The summed E-state index contributed by atoms with van der Waals surface area (Å²) < 4.78 is 6.59. The minimum absolute atomic E-state index is 0.110. The van der Waals surface area contributed by atoms with E-state index in [4.69, 9.17) is 4.74 Å². The van der Waals surface area contributed by atoms with Crippen LogP contribution in [-0.4, -0.2) is 57.9 Å². The first-order chi connectivity index (χ1) is 11.0. The summed E-state index contributed by atoms with van der Waals surface area (Å²) >= 11 is 0. The van der Waals surface area contributed by atoms with Crippen LogP contribution in [0, 0.1) is 13.8 Å². The van der Waals surface area contributed by atoms with Crippen molar-refractivity contribution in [2.24, 2.45) is 0 Å². The number of hydrogen-bond donors (Lipinski definition) is 1. The number of ether oxygens (including phenoxy) is 1. The molecule has 1 unspecified atom stereocenters. The molecule has 0 aromatic carbocycles. The van der Waals surface area contributed by atoms with Gasteiger partial charge in [-0.1, -0.05) is 0 Å². The number of carbonyl (C=O) groups excluding carboxylic acids is 2. The lowest BCUT2D eigenvalue weighted by atomic mass is 10.0. The number of aromatic nitrogens is 3. The number of aryl methyl sites for hydroxylation is 3. The lowest BCUT2D eigenvalue weighted by Gasteiger charge is -2.33. The van der Waals surface area contributed by atoms with Gasteiger partial charge in [-0.25, -0.2) is 9.78 Å². The number of nitrogens with zero attached hydrogens (tertiary/aromatic N) is 4. The van der Waals surface area contributed by atoms with E-state index in [0.717, 1.165) is 30.9 Å². The zero-order valence-corrected chi connectivity index (χ0v) is 14.0. The van der Waals surface area contributed by atoms with Crippen molar-refractivity contribution in [3.05, 3.63) is 11.6 Å². The van der Waals surface area contributed by atoms with Gasteiger partial charge in [0.15, 0.2) is 0 Å². The molecule has 8 nitrogen and oxygen atoms in total. The van der Waals surface area contributed by atoms with Crippen LogP contribution < -0.4 is 5.32 Å². The number of methoxy groups -OCH3 is 1. The summed E-state index contributed by atoms with van der Waals surface area (Å²) in [4.78, 5) is 29.8. The van der Waals surface area contributed by atoms with E-state index in [2.05, 4.69) is 15.4 Å². The first-order valence-electron chi connectivity index (χ1n) is 8.03. The Morgan fingerprint density at radius 3 is 2.78 bits per heavy atom. The number of piperidine rings is 1. The quantitative estimate of drug-likeness (QED) is 0.817. The standard InChI is InChI=1S/C15H25N5O3/c1-11-17-12(2)20(18-11)10-6-8-16-14(21)13-7-4-5-9-19(13)15(22)23-3/h13H,4-10H2,1-3H3,(H,16,21). The van der Waals surface area contributed by atoms with E-state index >= 15 is 0 Å². The second-order valence-corrected chi connectivity index (χ2v) is 5.75. The van der Waals surface area contributed by atoms with Crippen LogP contribution in [0.3, 0.4) is 0 Å². The minimum Gasteiger partial charge on any atom is -0.453 e. The number of rotatable bonds is 5. The van der Waals surface area contributed by atoms with Crippen LogP contribution in [-0.2, 0) is 16.1 Å². The van der Waals surface area contributed by atoms with Crippen molar-refractivity contribution >= 4 is 12.0 Å². The predicted molar refractivity (Wildman–Crippen MR) is 83.9 cm³/mol. The van der Waals surface area contributed by atoms with E-state index in [1.807, 2.05) is 18.5 Å². The Morgan fingerprint density at radius 2 is 2.13 bits per heavy atom. The third-order valence-corrected chi connectivity index (χ3v) is 4.02. The summed E-state index contributed by atoms with van der Waals surface area (Å²) in [6.07, 6.45) is 2.87. The molecular formula is C15H25N5O3. The zero-order valence-electron chi connectivity index (χ0n) is 14.0. The van der Waals surface area contributed by atoms with E-state index in [9.17, 15) is 9.59 Å². The van der Waals surface area contributed by atoms with Gasteiger partial charge in [-0.15, -0.1) is 0 Å². The summed E-state index contributed by atoms with van der Waals surface area (Å²) in [5.74, 6) is 1.52. The molecule has 0 saturated carbocycles. The third kappa shape index (κ3) is 4.43. The molecule has 1 atom stereocenters. The summed E-state index contributed by atoms with van der Waals surface area (Å²) in [5.41, 5.74) is 0. The fourth-order valence-electron chi connectivity index (χ4n) is 2.87. The van der Waals surface area contributed by atoms with Gasteiger partial charge in [0, 0.05) is 19.6 Å². The average Bonchev–Trinajstić information content (AvgIpc) is 2.88. The Balaban J connectivity index is 1.79. The summed E-state index contributed by atoms with van der Waals surface area (Å²) in [6, 6.07) is -0.424. The largest absolute Gasteiger partial charge is 0.453 e. The predicted octanol–water partition coefficient (Wildman–Crippen LogP) is 1.02. The summed E-state index contributed by atoms with van der Waals surface area (Å²) in [5, 5.41) is 7.19. The Labute approximate surface area is 136 Å². The molecular weight excluding hydrogens is 298 g/mol. The molecule has 0 aliphatic carbocycles. The van der Waals surface area contributed by atoms with Crippen LogP contribution in [0.1, 0.15) is 37.3 Å². The maximum absolute atomic E-state index is 12.3. The number of hydrogen-bond acceptors (Lipinski definition) is 5. The highest BCUT2D eigenvalue weighted by atomic mass is 16.5. The monoisotopic (exact) mass is 323 g/mol. The average molecular weight is 323 g/mol. The van der Waals surface area contributed by atoms with Crippen LogP contribution in [0.5, 0.6) is 0 Å². The highest BCUT2D eigenvalue weighted by Gasteiger charge is 2.32. The van der Waals surface area contributed by atoms with Gasteiger partial charge < -0.3 is 10.1 Å². The molecule has 2 amide bonds. The van der Waals surface area contributed by atoms with Crippen molar-refractivity contribution < 1.29 is 14.3 Å². The maximum Gasteiger partial charge on any atom is 0.410 e. The SMILES string of the molecule is COC(=O)N1CCCCC1C(=O)NCCCn1nc(C)nc1C. The van der Waals surface area contributed by atoms with Crippen LogP contribution >= 0.6 is 0 Å². The van der Waals surface area contributed by atoms with Crippen molar-refractivity contribution in [3.63, 3.8) is 0 Å². The normalized spacial score (nSPS) is 17.9. The molecule has 1 aromatic heterocycles. The van der Waals surface area contributed by atoms with Gasteiger partial charge in [-0.05, 0) is 39.5 Å². The molecule has 1 aromatic rings. The molecule has 23 heavy (non-hydrogen) atoms. The van der Waals surface area contributed by atoms with Crippen LogP contribution in [0.2, 0.25) is 0 Å². The number of nitrogens with one attached hydrogen (secondary N) is 1. The van der Waals surface area contributed by atoms with Gasteiger partial charge >= 0.3 is 6.09 Å². The Hall–Kier alpha value is -2.12. The molecule has 1 aliphatic rings. The van der Waals surface area contributed by atoms with Gasteiger partial charge in [-0.2, -0.15) is 5.10 Å². The topological polar surface area (TPSA) is 89.4 Å². The molecule has 1 fully saturated rings. The van der Waals surface area contributed by atoms with E-state index in [1.54, 1.807) is 0 Å². The first-order valence-corrected chi connectivity index (χ1v) is 8.03. The molecule has 8 heteroatoms. The minimum atomic E-state index is -0.432. The lowest BCUT2D eigenvalue weighted by molar-refractivity contribution is -0.127. The number of carbonyl (C=O) groups is 2. The van der Waals surface area contributed by atoms with Crippen LogP contribution in [0.25, 0.3) is 0 Å². The number of amides is 2. The van der Waals surface area contributed by atoms with Gasteiger partial charge in [0.1, 0.15) is 17.7 Å². The second kappa shape index (κ2) is 7.94. The Morgan fingerprint density at radius 1 is 1.35 bits per heavy atom. The molecule has 0 bridgehead atoms. The van der Waals surface area contributed by atoms with Gasteiger partial charge in [0.05, 0.1) is 7.11 Å². The first kappa shape index (κ1) is 17.2. The molecule has 0 radical (unpaired) electrons. The van der Waals surface area contributed by atoms with Crippen LogP contribution in [0.15, 0.2) is 0 Å². The molecule has 0 spiro atoms. The van der Waals surface area contributed by atoms with Crippen molar-refractivity contribution in [1.82, 2.24) is 25.0 Å². The molecule has 2 heterocycles. The zero-order chi connectivity index (χ0) is 16.8. The fourth-order valence-corrected chi connectivity index (χ4v) is 2.87. The highest BCUT2D eigenvalue weighted by molar-refractivity contribution is 5.85. The van der Waals surface area contributed by atoms with Gasteiger partial charge in [0.2, 0.25) is 5.91 Å². The van der Waals surface area contributed by atoms with Crippen LogP contribution in [0.4, 0.5) is 4.79 Å². The third-order valence-electron chi connectivity index (χ3n) is 4.02. The second-order valence-electron chi connectivity index (χ2n) is 5.75. The van der Waals surface area contributed by atoms with Crippen molar-refractivity contribution in [1.29, 1.82) is 0 Å². The van der Waals surface area contributed by atoms with E-state index in [1.165, 1.54) is 12.0 Å². The Kier molecular flexibility index (Phi) is 5.95. The van der Waals surface area contributed by atoms with Crippen molar-refractivity contribution in [2.75, 3.05) is 20.2 Å². The van der Waals surface area contributed by atoms with E-state index in [-0.39, 0.29) is 5.91 Å². The fraction of sp³-hybridized carbons (Fsp3) is 0.733. The highest BCUT2D eigenvalue weighted by Crippen LogP contribution is 2.18. The molecule has 1 saturated heterocycles. The summed E-state index contributed by atoms with van der Waals surface area (Å²) in [6.45, 7) is 5.59. The van der Waals surface area contributed by atoms with Gasteiger partial charge in [0.25, 0.3) is 0 Å². The lowest BCUT2D eigenvalue weighted by Crippen LogP contribution is -2.52. The van der Waals surface area contributed by atoms with Gasteiger partial charge in [-0.3, -0.25) is 14.4 Å². The molecule has 1 aliphatic heterocycles. The van der Waals surface area contributed by atoms with Crippen molar-refractivity contribution in [3.8, 4) is 0 Å². The molecule has 2 rings (SSSR count). The Bertz CT molecular complexity index is 557. The van der Waals surface area contributed by atoms with E-state index < -0.39 is 12.1 Å². The number of likely N-dealkylation sites (tertiary alicyclic amines) is 1. The molecule has 128 valence electrons. The summed E-state index contributed by atoms with van der Waals surface area (Å²) in [7, 11) is 1.34. The smallest absolute Gasteiger partial charge is 0.410 e. The maximum atomic E-state index is 12.3. The van der Waals surface area contributed by atoms with Crippen molar-refractivity contribution in [2.45, 2.75) is 52.1 Å².